The Balaban J connectivity index is 2.13. The SMILES string of the molecule is CCc1ccc(Oc2cc(Cl)cc(Cl)n2)cc1C1=C(O)C(C)(C)OC(C)(C)C1=O. The Morgan fingerprint density at radius 3 is 2.41 bits per heavy atom. The number of hydrogen-bond acceptors (Lipinski definition) is 5. The molecule has 0 aliphatic carbocycles. The number of benzene rings is 1. The molecule has 0 spiro atoms. The molecule has 0 saturated heterocycles. The minimum absolute atomic E-state index is 0.0994. The van der Waals surface area contributed by atoms with E-state index in [9.17, 15) is 9.90 Å². The number of ether oxygens (including phenoxy) is 2. The predicted molar refractivity (Wildman–Crippen MR) is 114 cm³/mol. The van der Waals surface area contributed by atoms with Crippen molar-refractivity contribution in [1.82, 2.24) is 4.98 Å². The molecule has 7 heteroatoms. The van der Waals surface area contributed by atoms with Gasteiger partial charge in [-0.2, -0.15) is 0 Å². The van der Waals surface area contributed by atoms with Crippen LogP contribution in [0.4, 0.5) is 0 Å². The number of halogens is 2. The molecule has 5 nitrogen and oxygen atoms in total. The summed E-state index contributed by atoms with van der Waals surface area (Å²) in [7, 11) is 0. The number of Topliss-reactive ketones (excluding diaryl/α,β-unsaturated/α-hetero) is 1. The number of ketones is 1. The fourth-order valence-corrected chi connectivity index (χ4v) is 3.92. The number of carbonyl (C=O) groups is 1. The summed E-state index contributed by atoms with van der Waals surface area (Å²) in [6.45, 7) is 8.86. The van der Waals surface area contributed by atoms with Gasteiger partial charge in [-0.1, -0.05) is 36.2 Å². The topological polar surface area (TPSA) is 68.7 Å². The van der Waals surface area contributed by atoms with Crippen molar-refractivity contribution in [2.24, 2.45) is 0 Å². The number of carbonyl (C=O) groups excluding carboxylic acids is 1. The van der Waals surface area contributed by atoms with Crippen molar-refractivity contribution in [3.8, 4) is 11.6 Å². The Kier molecular flexibility index (Phi) is 5.69. The third-order valence-corrected chi connectivity index (χ3v) is 5.19. The zero-order valence-corrected chi connectivity index (χ0v) is 18.5. The lowest BCUT2D eigenvalue weighted by molar-refractivity contribution is -0.158. The van der Waals surface area contributed by atoms with Gasteiger partial charge in [-0.05, 0) is 63.4 Å². The highest BCUT2D eigenvalue weighted by atomic mass is 35.5. The Morgan fingerprint density at radius 1 is 1.10 bits per heavy atom. The molecule has 0 bridgehead atoms. The van der Waals surface area contributed by atoms with Crippen molar-refractivity contribution in [2.45, 2.75) is 52.2 Å². The number of aliphatic hydroxyl groups excluding tert-OH is 1. The van der Waals surface area contributed by atoms with Crippen LogP contribution in [0.3, 0.4) is 0 Å². The van der Waals surface area contributed by atoms with Crippen LogP contribution in [0.25, 0.3) is 5.57 Å². The van der Waals surface area contributed by atoms with Gasteiger partial charge in [0.1, 0.15) is 27.9 Å². The number of hydrogen-bond donors (Lipinski definition) is 1. The third kappa shape index (κ3) is 4.27. The first-order valence-corrected chi connectivity index (χ1v) is 10.0. The molecule has 2 heterocycles. The van der Waals surface area contributed by atoms with Gasteiger partial charge in [0.25, 0.3) is 0 Å². The summed E-state index contributed by atoms with van der Waals surface area (Å²) in [6.07, 6.45) is 0.669. The van der Waals surface area contributed by atoms with Crippen LogP contribution in [0.5, 0.6) is 11.6 Å². The van der Waals surface area contributed by atoms with E-state index in [0.717, 1.165) is 5.56 Å². The first-order chi connectivity index (χ1) is 13.4. The van der Waals surface area contributed by atoms with Gasteiger partial charge in [-0.3, -0.25) is 4.79 Å². The summed E-state index contributed by atoms with van der Waals surface area (Å²) in [5.41, 5.74) is -0.334. The standard InChI is InChI=1S/C22H23Cl2NO4/c1-6-12-7-8-14(28-17-10-13(23)9-16(24)25-17)11-15(12)18-19(26)21(2,3)29-22(4,5)20(18)27/h7-11,26H,6H2,1-5H3. The van der Waals surface area contributed by atoms with Gasteiger partial charge in [-0.25, -0.2) is 4.98 Å². The van der Waals surface area contributed by atoms with Crippen LogP contribution >= 0.6 is 23.2 Å². The van der Waals surface area contributed by atoms with Crippen molar-refractivity contribution in [1.29, 1.82) is 0 Å². The van der Waals surface area contributed by atoms with Crippen molar-refractivity contribution in [2.75, 3.05) is 0 Å². The van der Waals surface area contributed by atoms with E-state index in [2.05, 4.69) is 4.98 Å². The Labute approximate surface area is 180 Å². The Bertz CT molecular complexity index is 992. The molecule has 0 amide bonds. The second-order valence-electron chi connectivity index (χ2n) is 7.90. The molecule has 3 rings (SSSR count). The maximum absolute atomic E-state index is 13.1. The molecule has 0 unspecified atom stereocenters. The molecule has 1 N–H and O–H groups in total. The zero-order valence-electron chi connectivity index (χ0n) is 17.0. The zero-order chi connectivity index (χ0) is 21.6. The molecule has 1 aromatic heterocycles. The molecule has 1 aliphatic heterocycles. The van der Waals surface area contributed by atoms with E-state index < -0.39 is 11.2 Å². The predicted octanol–water partition coefficient (Wildman–Crippen LogP) is 6.17. The number of aliphatic hydroxyl groups is 1. The third-order valence-electron chi connectivity index (χ3n) is 4.78. The highest BCUT2D eigenvalue weighted by Gasteiger charge is 2.47. The highest BCUT2D eigenvalue weighted by molar-refractivity contribution is 6.34. The maximum atomic E-state index is 13.1. The summed E-state index contributed by atoms with van der Waals surface area (Å²) in [6, 6.07) is 8.41. The van der Waals surface area contributed by atoms with Crippen LogP contribution in [0, 0.1) is 0 Å². The van der Waals surface area contributed by atoms with E-state index in [4.69, 9.17) is 32.7 Å². The van der Waals surface area contributed by atoms with Crippen molar-refractivity contribution in [3.05, 3.63) is 57.4 Å². The number of rotatable bonds is 4. The van der Waals surface area contributed by atoms with Crippen LogP contribution in [0.1, 0.15) is 45.7 Å². The summed E-state index contributed by atoms with van der Waals surface area (Å²) in [4.78, 5) is 17.2. The summed E-state index contributed by atoms with van der Waals surface area (Å²) < 4.78 is 11.7. The first kappa shape index (κ1) is 21.6. The van der Waals surface area contributed by atoms with Crippen LogP contribution in [-0.2, 0) is 16.0 Å². The number of aryl methyl sites for hydroxylation is 1. The van der Waals surface area contributed by atoms with E-state index in [-0.39, 0.29) is 28.1 Å². The maximum Gasteiger partial charge on any atom is 0.222 e. The van der Waals surface area contributed by atoms with E-state index in [0.29, 0.717) is 22.8 Å². The molecule has 154 valence electrons. The molecule has 0 fully saturated rings. The van der Waals surface area contributed by atoms with Gasteiger partial charge in [0.2, 0.25) is 5.88 Å². The summed E-state index contributed by atoms with van der Waals surface area (Å²) in [5, 5.41) is 11.5. The summed E-state index contributed by atoms with van der Waals surface area (Å²) in [5.74, 6) is 0.288. The molecule has 0 radical (unpaired) electrons. The molecule has 1 aliphatic rings. The van der Waals surface area contributed by atoms with Gasteiger partial charge in [-0.15, -0.1) is 0 Å². The van der Waals surface area contributed by atoms with Crippen LogP contribution in [0.15, 0.2) is 36.1 Å². The Morgan fingerprint density at radius 2 is 1.79 bits per heavy atom. The lowest BCUT2D eigenvalue weighted by atomic mass is 9.81. The first-order valence-electron chi connectivity index (χ1n) is 9.27. The van der Waals surface area contributed by atoms with Crippen LogP contribution in [0.2, 0.25) is 10.2 Å². The Hall–Kier alpha value is -2.08. The van der Waals surface area contributed by atoms with Gasteiger partial charge >= 0.3 is 0 Å². The molecule has 0 saturated carbocycles. The summed E-state index contributed by atoms with van der Waals surface area (Å²) >= 11 is 12.0. The monoisotopic (exact) mass is 435 g/mol. The minimum Gasteiger partial charge on any atom is -0.508 e. The minimum atomic E-state index is -1.07. The van der Waals surface area contributed by atoms with Gasteiger partial charge in [0, 0.05) is 11.1 Å². The number of nitrogens with zero attached hydrogens (tertiary/aromatic N) is 1. The lowest BCUT2D eigenvalue weighted by Crippen LogP contribution is -2.49. The van der Waals surface area contributed by atoms with E-state index in [1.807, 2.05) is 13.0 Å². The van der Waals surface area contributed by atoms with E-state index >= 15 is 0 Å². The average molecular weight is 436 g/mol. The van der Waals surface area contributed by atoms with Gasteiger partial charge in [0.15, 0.2) is 5.78 Å². The lowest BCUT2D eigenvalue weighted by Gasteiger charge is -2.40. The smallest absolute Gasteiger partial charge is 0.222 e. The highest BCUT2D eigenvalue weighted by Crippen LogP contribution is 2.42. The second-order valence-corrected chi connectivity index (χ2v) is 8.72. The second kappa shape index (κ2) is 7.63. The normalized spacial score (nSPS) is 18.1. The quantitative estimate of drug-likeness (QED) is 0.581. The van der Waals surface area contributed by atoms with Crippen LogP contribution in [-0.4, -0.2) is 27.1 Å². The molecular formula is C22H23Cl2NO4. The van der Waals surface area contributed by atoms with Crippen molar-refractivity contribution < 1.29 is 19.4 Å². The molecule has 1 aromatic carbocycles. The molecule has 0 atom stereocenters. The van der Waals surface area contributed by atoms with Crippen LogP contribution < -0.4 is 4.74 Å². The van der Waals surface area contributed by atoms with Crippen molar-refractivity contribution in [3.63, 3.8) is 0 Å². The van der Waals surface area contributed by atoms with Gasteiger partial charge in [0.05, 0.1) is 5.57 Å². The fraction of sp³-hybridized carbons (Fsp3) is 0.364. The molecular weight excluding hydrogens is 413 g/mol. The van der Waals surface area contributed by atoms with E-state index in [1.54, 1.807) is 45.9 Å². The fourth-order valence-electron chi connectivity index (χ4n) is 3.47. The number of aromatic nitrogens is 1. The van der Waals surface area contributed by atoms with E-state index in [1.165, 1.54) is 6.07 Å². The van der Waals surface area contributed by atoms with Crippen molar-refractivity contribution >= 4 is 34.6 Å². The molecule has 2 aromatic rings. The average Bonchev–Trinajstić information content (AvgIpc) is 2.59. The largest absolute Gasteiger partial charge is 0.508 e. The van der Waals surface area contributed by atoms with Gasteiger partial charge < -0.3 is 14.6 Å². The molecule has 29 heavy (non-hydrogen) atoms. The number of pyridine rings is 1.